The van der Waals surface area contributed by atoms with Gasteiger partial charge in [-0.05, 0) is 24.9 Å². The van der Waals surface area contributed by atoms with Crippen molar-refractivity contribution in [3.05, 3.63) is 0 Å². The summed E-state index contributed by atoms with van der Waals surface area (Å²) in [7, 11) is 3.91. The highest BCUT2D eigenvalue weighted by Crippen LogP contribution is 2.07. The maximum atomic E-state index is 5.14. The monoisotopic (exact) mass is 206 g/mol. The summed E-state index contributed by atoms with van der Waals surface area (Å²) in [5, 5.41) is 3.82. The summed E-state index contributed by atoms with van der Waals surface area (Å²) in [6, 6.07) is 0.556. The normalized spacial score (nSPS) is 12.3. The molecule has 0 rings (SSSR count). The highest BCUT2D eigenvalue weighted by molar-refractivity contribution is 7.98. The highest BCUT2D eigenvalue weighted by atomic mass is 32.2. The maximum absolute atomic E-state index is 5.14. The van der Waals surface area contributed by atoms with Crippen molar-refractivity contribution in [2.45, 2.75) is 19.4 Å². The minimum Gasteiger partial charge on any atom is -0.366 e. The van der Waals surface area contributed by atoms with Crippen LogP contribution in [0, 0.1) is 0 Å². The van der Waals surface area contributed by atoms with Gasteiger partial charge in [-0.2, -0.15) is 11.8 Å². The molecule has 0 aliphatic carbocycles. The molecule has 0 aliphatic rings. The molecule has 12 heavy (non-hydrogen) atoms. The fraction of sp³-hybridized carbons (Fsp3) is 0.875. The highest BCUT2D eigenvalue weighted by Gasteiger charge is 2.13. The maximum Gasteiger partial charge on any atom is 0.168 e. The smallest absolute Gasteiger partial charge is 0.168 e. The van der Waals surface area contributed by atoms with Crippen LogP contribution in [0.1, 0.15) is 13.3 Å². The van der Waals surface area contributed by atoms with Crippen LogP contribution in [-0.2, 0) is 0 Å². The Morgan fingerprint density at radius 3 is 2.58 bits per heavy atom. The number of thioether (sulfide) groups is 1. The lowest BCUT2D eigenvalue weighted by Gasteiger charge is -2.28. The van der Waals surface area contributed by atoms with E-state index < -0.39 is 0 Å². The zero-order valence-electron chi connectivity index (χ0n) is 8.26. The van der Waals surface area contributed by atoms with Gasteiger partial charge >= 0.3 is 0 Å². The Kier molecular flexibility index (Phi) is 6.57. The van der Waals surface area contributed by atoms with Crippen LogP contribution in [0.2, 0.25) is 0 Å². The molecule has 0 fully saturated rings. The van der Waals surface area contributed by atoms with E-state index >= 15 is 0 Å². The second-order valence-corrected chi connectivity index (χ2v) is 3.98. The third-order valence-corrected chi connectivity index (χ3v) is 3.12. The Bertz CT molecular complexity index is 139. The first-order valence-corrected chi connectivity index (χ1v) is 5.91. The van der Waals surface area contributed by atoms with Gasteiger partial charge in [-0.25, -0.2) is 0 Å². The molecular formula is C8H18N2S2. The van der Waals surface area contributed by atoms with Gasteiger partial charge in [-0.3, -0.25) is 0 Å². The Balaban J connectivity index is 4.00. The molecule has 0 radical (unpaired) electrons. The van der Waals surface area contributed by atoms with E-state index in [1.807, 2.05) is 25.9 Å². The molecule has 0 aromatic carbocycles. The van der Waals surface area contributed by atoms with E-state index in [9.17, 15) is 0 Å². The minimum absolute atomic E-state index is 0.556. The standard InChI is InChI=1S/C8H18N2S2/c1-5-7(6-12-4)10(3)8(11)9-2/h7H,5-6H2,1-4H3,(H,9,11). The van der Waals surface area contributed by atoms with E-state index in [2.05, 4.69) is 23.4 Å². The average Bonchev–Trinajstić information content (AvgIpc) is 2.11. The molecule has 0 saturated carbocycles. The average molecular weight is 206 g/mol. The Labute approximate surface area is 85.1 Å². The van der Waals surface area contributed by atoms with Gasteiger partial charge in [0.15, 0.2) is 5.11 Å². The second kappa shape index (κ2) is 6.54. The van der Waals surface area contributed by atoms with E-state index in [0.717, 1.165) is 17.3 Å². The third-order valence-electron chi connectivity index (χ3n) is 1.91. The van der Waals surface area contributed by atoms with Gasteiger partial charge < -0.3 is 10.2 Å². The second-order valence-electron chi connectivity index (χ2n) is 2.68. The summed E-state index contributed by atoms with van der Waals surface area (Å²) in [4.78, 5) is 2.13. The molecule has 0 aromatic rings. The first kappa shape index (κ1) is 12.0. The van der Waals surface area contributed by atoms with Crippen molar-refractivity contribution >= 4 is 29.1 Å². The predicted octanol–water partition coefficient (Wildman–Crippen LogP) is 1.56. The third kappa shape index (κ3) is 3.63. The summed E-state index contributed by atoms with van der Waals surface area (Å²) in [6.07, 6.45) is 3.26. The molecule has 0 spiro atoms. The summed E-state index contributed by atoms with van der Waals surface area (Å²) >= 11 is 7.00. The predicted molar refractivity (Wildman–Crippen MR) is 61.9 cm³/mol. The molecule has 2 nitrogen and oxygen atoms in total. The first-order chi connectivity index (χ1) is 5.67. The zero-order chi connectivity index (χ0) is 9.56. The van der Waals surface area contributed by atoms with Crippen LogP contribution in [0.3, 0.4) is 0 Å². The quantitative estimate of drug-likeness (QED) is 0.702. The fourth-order valence-electron chi connectivity index (χ4n) is 1.04. The van der Waals surface area contributed by atoms with Gasteiger partial charge in [-0.15, -0.1) is 0 Å². The van der Waals surface area contributed by atoms with E-state index in [1.54, 1.807) is 0 Å². The molecule has 0 saturated heterocycles. The van der Waals surface area contributed by atoms with Crippen LogP contribution in [0.4, 0.5) is 0 Å². The van der Waals surface area contributed by atoms with Gasteiger partial charge in [0, 0.05) is 25.9 Å². The Morgan fingerprint density at radius 2 is 2.25 bits per heavy atom. The van der Waals surface area contributed by atoms with Crippen molar-refractivity contribution in [2.24, 2.45) is 0 Å². The lowest BCUT2D eigenvalue weighted by atomic mass is 10.2. The van der Waals surface area contributed by atoms with Gasteiger partial charge in [0.05, 0.1) is 0 Å². The van der Waals surface area contributed by atoms with Crippen molar-refractivity contribution in [2.75, 3.05) is 26.1 Å². The van der Waals surface area contributed by atoms with E-state index in [1.165, 1.54) is 0 Å². The van der Waals surface area contributed by atoms with Crippen molar-refractivity contribution < 1.29 is 0 Å². The number of thiocarbonyl (C=S) groups is 1. The fourth-order valence-corrected chi connectivity index (χ4v) is 2.03. The molecule has 0 heterocycles. The van der Waals surface area contributed by atoms with Gasteiger partial charge in [0.1, 0.15) is 0 Å². The van der Waals surface area contributed by atoms with Crippen molar-refractivity contribution in [3.63, 3.8) is 0 Å². The molecular weight excluding hydrogens is 188 g/mol. The molecule has 72 valence electrons. The molecule has 0 bridgehead atoms. The van der Waals surface area contributed by atoms with Gasteiger partial charge in [-0.1, -0.05) is 6.92 Å². The summed E-state index contributed by atoms with van der Waals surface area (Å²) < 4.78 is 0. The van der Waals surface area contributed by atoms with Gasteiger partial charge in [0.2, 0.25) is 0 Å². The number of hydrogen-bond acceptors (Lipinski definition) is 2. The number of nitrogens with one attached hydrogen (secondary N) is 1. The molecule has 1 N–H and O–H groups in total. The summed E-state index contributed by atoms with van der Waals surface area (Å²) in [5.41, 5.74) is 0. The molecule has 1 atom stereocenters. The molecule has 0 aliphatic heterocycles. The lowest BCUT2D eigenvalue weighted by molar-refractivity contribution is 0.383. The van der Waals surface area contributed by atoms with E-state index in [0.29, 0.717) is 6.04 Å². The molecule has 1 unspecified atom stereocenters. The van der Waals surface area contributed by atoms with Crippen LogP contribution >= 0.6 is 24.0 Å². The first-order valence-electron chi connectivity index (χ1n) is 4.10. The van der Waals surface area contributed by atoms with Crippen molar-refractivity contribution in [1.82, 2.24) is 10.2 Å². The topological polar surface area (TPSA) is 15.3 Å². The lowest BCUT2D eigenvalue weighted by Crippen LogP contribution is -2.42. The van der Waals surface area contributed by atoms with E-state index in [-0.39, 0.29) is 0 Å². The summed E-state index contributed by atoms with van der Waals surface area (Å²) in [6.45, 7) is 2.19. The van der Waals surface area contributed by atoms with Crippen LogP contribution in [0.5, 0.6) is 0 Å². The van der Waals surface area contributed by atoms with Gasteiger partial charge in [0.25, 0.3) is 0 Å². The zero-order valence-corrected chi connectivity index (χ0v) is 9.89. The van der Waals surface area contributed by atoms with Crippen LogP contribution in [0.15, 0.2) is 0 Å². The number of rotatable bonds is 4. The van der Waals surface area contributed by atoms with Crippen LogP contribution in [0.25, 0.3) is 0 Å². The molecule has 4 heteroatoms. The molecule has 0 amide bonds. The Morgan fingerprint density at radius 1 is 1.67 bits per heavy atom. The minimum atomic E-state index is 0.556. The van der Waals surface area contributed by atoms with Crippen LogP contribution < -0.4 is 5.32 Å². The molecule has 0 aromatic heterocycles. The SMILES string of the molecule is CCC(CSC)N(C)C(=S)NC. The number of hydrogen-bond donors (Lipinski definition) is 1. The van der Waals surface area contributed by atoms with Crippen molar-refractivity contribution in [3.8, 4) is 0 Å². The largest absolute Gasteiger partial charge is 0.366 e. The number of nitrogens with zero attached hydrogens (tertiary/aromatic N) is 1. The van der Waals surface area contributed by atoms with Crippen LogP contribution in [-0.4, -0.2) is 42.2 Å². The van der Waals surface area contributed by atoms with E-state index in [4.69, 9.17) is 12.2 Å². The Hall–Kier alpha value is 0.0400. The summed E-state index contributed by atoms with van der Waals surface area (Å²) in [5.74, 6) is 1.13. The van der Waals surface area contributed by atoms with Crippen molar-refractivity contribution in [1.29, 1.82) is 0 Å².